The monoisotopic (exact) mass is 290 g/mol. The van der Waals surface area contributed by atoms with Gasteiger partial charge in [-0.2, -0.15) is 0 Å². The van der Waals surface area contributed by atoms with Gasteiger partial charge in [-0.25, -0.2) is 0 Å². The molecule has 4 nitrogen and oxygen atoms in total. The van der Waals surface area contributed by atoms with Crippen LogP contribution in [0.15, 0.2) is 0 Å². The predicted molar refractivity (Wildman–Crippen MR) is 72.7 cm³/mol. The van der Waals surface area contributed by atoms with Crippen LogP contribution in [-0.2, 0) is 9.59 Å². The smallest absolute Gasteiger partial charge is 0.320 e. The molecule has 0 radical (unpaired) electrons. The van der Waals surface area contributed by atoms with E-state index in [1.54, 1.807) is 17.7 Å². The van der Waals surface area contributed by atoms with E-state index in [1.807, 2.05) is 0 Å². The lowest BCUT2D eigenvalue weighted by Crippen LogP contribution is -2.33. The Balaban J connectivity index is 1.81. The number of carbonyl (C=O) groups is 2. The van der Waals surface area contributed by atoms with Gasteiger partial charge in [0.1, 0.15) is 4.75 Å². The molecule has 1 unspecified atom stereocenters. The first-order valence-corrected chi connectivity index (χ1v) is 8.46. The van der Waals surface area contributed by atoms with Crippen molar-refractivity contribution in [3.05, 3.63) is 0 Å². The van der Waals surface area contributed by atoms with Crippen molar-refractivity contribution in [1.82, 2.24) is 0 Å². The second-order valence-corrected chi connectivity index (χ2v) is 8.35. The van der Waals surface area contributed by atoms with Crippen LogP contribution < -0.4 is 0 Å². The topological polar surface area (TPSA) is 74.6 Å². The van der Waals surface area contributed by atoms with Gasteiger partial charge in [0.25, 0.3) is 0 Å². The van der Waals surface area contributed by atoms with Gasteiger partial charge in [-0.3, -0.25) is 9.59 Å². The second kappa shape index (κ2) is 4.96. The molecule has 0 aromatic rings. The molecule has 102 valence electrons. The van der Waals surface area contributed by atoms with Gasteiger partial charge in [-0.1, -0.05) is 21.6 Å². The summed E-state index contributed by atoms with van der Waals surface area (Å²) in [5.41, 5.74) is -0.0630. The van der Waals surface area contributed by atoms with E-state index in [-0.39, 0.29) is 17.8 Å². The molecule has 2 N–H and O–H groups in total. The molecular formula is C12H18O4S2. The molecule has 0 saturated heterocycles. The molecule has 2 saturated carbocycles. The van der Waals surface area contributed by atoms with Crippen LogP contribution in [0.25, 0.3) is 0 Å². The minimum Gasteiger partial charge on any atom is -0.481 e. The number of hydrogen-bond donors (Lipinski definition) is 2. The first-order chi connectivity index (χ1) is 8.38. The summed E-state index contributed by atoms with van der Waals surface area (Å²) in [5.74, 6) is -0.464. The normalized spacial score (nSPS) is 24.3. The zero-order chi connectivity index (χ0) is 13.4. The Morgan fingerprint density at radius 1 is 1.33 bits per heavy atom. The zero-order valence-corrected chi connectivity index (χ0v) is 12.0. The van der Waals surface area contributed by atoms with E-state index in [9.17, 15) is 14.7 Å². The number of carboxylic acid groups (broad SMARTS) is 2. The van der Waals surface area contributed by atoms with Gasteiger partial charge >= 0.3 is 11.9 Å². The van der Waals surface area contributed by atoms with Crippen molar-refractivity contribution in [3.8, 4) is 0 Å². The zero-order valence-electron chi connectivity index (χ0n) is 10.3. The Kier molecular flexibility index (Phi) is 3.88. The predicted octanol–water partition coefficient (Wildman–Crippen LogP) is 2.88. The minimum atomic E-state index is -0.749. The van der Waals surface area contributed by atoms with Gasteiger partial charge in [0.2, 0.25) is 0 Å². The first kappa shape index (κ1) is 14.1. The van der Waals surface area contributed by atoms with E-state index < -0.39 is 16.7 Å². The molecule has 2 rings (SSSR count). The molecule has 6 heteroatoms. The molecule has 2 fully saturated rings. The molecule has 18 heavy (non-hydrogen) atoms. The van der Waals surface area contributed by atoms with Crippen molar-refractivity contribution in [1.29, 1.82) is 0 Å². The Bertz CT molecular complexity index is 363. The molecule has 0 aliphatic heterocycles. The van der Waals surface area contributed by atoms with Crippen LogP contribution >= 0.6 is 21.6 Å². The average molecular weight is 290 g/mol. The molecule has 0 bridgehead atoms. The van der Waals surface area contributed by atoms with Gasteiger partial charge < -0.3 is 10.2 Å². The lowest BCUT2D eigenvalue weighted by Gasteiger charge is -2.24. The SMILES string of the molecule is CC(SSCC1(CC(=O)O)CC1)(C(=O)O)C1CC1. The molecule has 2 aliphatic carbocycles. The van der Waals surface area contributed by atoms with E-state index in [0.717, 1.165) is 31.4 Å². The highest BCUT2D eigenvalue weighted by Gasteiger charge is 2.50. The fourth-order valence-corrected chi connectivity index (χ4v) is 5.73. The molecule has 0 spiro atoms. The highest BCUT2D eigenvalue weighted by atomic mass is 33.1. The van der Waals surface area contributed by atoms with E-state index in [4.69, 9.17) is 5.11 Å². The van der Waals surface area contributed by atoms with Crippen LogP contribution in [0.2, 0.25) is 0 Å². The van der Waals surface area contributed by atoms with Gasteiger partial charge in [-0.05, 0) is 43.9 Å². The van der Waals surface area contributed by atoms with E-state index in [2.05, 4.69) is 0 Å². The lowest BCUT2D eigenvalue weighted by atomic mass is 10.1. The van der Waals surface area contributed by atoms with Gasteiger partial charge in [-0.15, -0.1) is 0 Å². The quantitative estimate of drug-likeness (QED) is 0.670. The standard InChI is InChI=1S/C12H18O4S2/c1-11(10(15)16,8-2-3-8)18-17-7-12(4-5-12)6-9(13)14/h8H,2-7H2,1H3,(H,13,14)(H,15,16). The highest BCUT2D eigenvalue weighted by Crippen LogP contribution is 2.57. The minimum absolute atomic E-state index is 0.0630. The summed E-state index contributed by atoms with van der Waals surface area (Å²) in [6.07, 6.45) is 4.13. The third kappa shape index (κ3) is 3.15. The van der Waals surface area contributed by atoms with Crippen molar-refractivity contribution < 1.29 is 19.8 Å². The Labute approximate surface area is 114 Å². The number of aliphatic carboxylic acids is 2. The Hall–Kier alpha value is -0.360. The summed E-state index contributed by atoms with van der Waals surface area (Å²) in [6, 6.07) is 0. The van der Waals surface area contributed by atoms with Crippen molar-refractivity contribution in [2.45, 2.75) is 43.8 Å². The summed E-state index contributed by atoms with van der Waals surface area (Å²) >= 11 is 0. The maximum absolute atomic E-state index is 11.3. The second-order valence-electron chi connectivity index (χ2n) is 5.60. The molecule has 0 amide bonds. The van der Waals surface area contributed by atoms with Crippen LogP contribution in [-0.4, -0.2) is 32.7 Å². The summed E-state index contributed by atoms with van der Waals surface area (Å²) in [5, 5.41) is 18.1. The lowest BCUT2D eigenvalue weighted by molar-refractivity contribution is -0.140. The van der Waals surface area contributed by atoms with Crippen molar-refractivity contribution in [3.63, 3.8) is 0 Å². The van der Waals surface area contributed by atoms with Gasteiger partial charge in [0, 0.05) is 5.75 Å². The fraction of sp³-hybridized carbons (Fsp3) is 0.833. The van der Waals surface area contributed by atoms with E-state index >= 15 is 0 Å². The maximum atomic E-state index is 11.3. The summed E-state index contributed by atoms with van der Waals surface area (Å²) < 4.78 is -0.704. The Morgan fingerprint density at radius 3 is 2.33 bits per heavy atom. The van der Waals surface area contributed by atoms with Crippen molar-refractivity contribution >= 4 is 33.5 Å². The number of carboxylic acids is 2. The third-order valence-corrected chi connectivity index (χ3v) is 7.31. The van der Waals surface area contributed by atoms with Crippen molar-refractivity contribution in [2.24, 2.45) is 11.3 Å². The fourth-order valence-electron chi connectivity index (χ4n) is 2.06. The maximum Gasteiger partial charge on any atom is 0.320 e. The molecule has 0 heterocycles. The first-order valence-electron chi connectivity index (χ1n) is 6.14. The number of rotatable bonds is 8. The van der Waals surface area contributed by atoms with E-state index in [1.165, 1.54) is 10.8 Å². The molecule has 2 aliphatic rings. The molecule has 0 aromatic carbocycles. The Morgan fingerprint density at radius 2 is 1.94 bits per heavy atom. The number of hydrogen-bond acceptors (Lipinski definition) is 4. The largest absolute Gasteiger partial charge is 0.481 e. The van der Waals surface area contributed by atoms with Crippen molar-refractivity contribution in [2.75, 3.05) is 5.75 Å². The van der Waals surface area contributed by atoms with Crippen LogP contribution in [0.4, 0.5) is 0 Å². The van der Waals surface area contributed by atoms with Crippen LogP contribution in [0.1, 0.15) is 39.0 Å². The summed E-state index contributed by atoms with van der Waals surface area (Å²) in [7, 11) is 2.96. The summed E-state index contributed by atoms with van der Waals surface area (Å²) in [6.45, 7) is 1.79. The average Bonchev–Trinajstić information content (AvgIpc) is 3.09. The van der Waals surface area contributed by atoms with Crippen LogP contribution in [0.5, 0.6) is 0 Å². The third-order valence-electron chi connectivity index (χ3n) is 3.86. The van der Waals surface area contributed by atoms with E-state index in [0.29, 0.717) is 0 Å². The van der Waals surface area contributed by atoms with Gasteiger partial charge in [0.05, 0.1) is 6.42 Å². The highest BCUT2D eigenvalue weighted by molar-refractivity contribution is 8.77. The van der Waals surface area contributed by atoms with Crippen LogP contribution in [0, 0.1) is 11.3 Å². The summed E-state index contributed by atoms with van der Waals surface area (Å²) in [4.78, 5) is 22.1. The van der Waals surface area contributed by atoms with Crippen LogP contribution in [0.3, 0.4) is 0 Å². The molecule has 0 aromatic heterocycles. The van der Waals surface area contributed by atoms with Gasteiger partial charge in [0.15, 0.2) is 0 Å². The molecular weight excluding hydrogens is 272 g/mol. The molecule has 1 atom stereocenters.